The molecular weight excluding hydrogens is 216 g/mol. The Morgan fingerprint density at radius 1 is 1.35 bits per heavy atom. The highest BCUT2D eigenvalue weighted by Gasteiger charge is 2.29. The largest absolute Gasteiger partial charge is 0.379 e. The lowest BCUT2D eigenvalue weighted by molar-refractivity contribution is 0.0195. The van der Waals surface area contributed by atoms with Crippen molar-refractivity contribution in [3.8, 4) is 0 Å². The molecular formula is C12H24N4O. The third kappa shape index (κ3) is 3.33. The van der Waals surface area contributed by atoms with Gasteiger partial charge in [0, 0.05) is 38.8 Å². The standard InChI is InChI=1S/C12H24N4O/c1-2-4-14-12(13)16-5-3-11(10-16)15-6-8-17-9-7-15/h11H,2-10H2,1H3,(H2,13,14). The van der Waals surface area contributed by atoms with Crippen LogP contribution in [0.25, 0.3) is 0 Å². The van der Waals surface area contributed by atoms with E-state index >= 15 is 0 Å². The van der Waals surface area contributed by atoms with Crippen LogP contribution in [-0.2, 0) is 4.74 Å². The van der Waals surface area contributed by atoms with Crippen molar-refractivity contribution in [3.63, 3.8) is 0 Å². The van der Waals surface area contributed by atoms with E-state index in [1.807, 2.05) is 0 Å². The lowest BCUT2D eigenvalue weighted by atomic mass is 10.2. The monoisotopic (exact) mass is 240 g/mol. The molecule has 2 N–H and O–H groups in total. The molecule has 1 unspecified atom stereocenters. The maximum absolute atomic E-state index is 5.99. The Balaban J connectivity index is 1.82. The van der Waals surface area contributed by atoms with Gasteiger partial charge in [0.1, 0.15) is 0 Å². The summed E-state index contributed by atoms with van der Waals surface area (Å²) < 4.78 is 5.38. The first-order chi connectivity index (χ1) is 8.31. The average Bonchev–Trinajstić information content (AvgIpc) is 2.86. The minimum absolute atomic E-state index is 0.634. The van der Waals surface area contributed by atoms with Crippen LogP contribution >= 0.6 is 0 Å². The third-order valence-corrected chi connectivity index (χ3v) is 3.55. The van der Waals surface area contributed by atoms with E-state index in [0.29, 0.717) is 6.04 Å². The van der Waals surface area contributed by atoms with Gasteiger partial charge in [0.15, 0.2) is 5.96 Å². The second-order valence-electron chi connectivity index (χ2n) is 4.78. The van der Waals surface area contributed by atoms with Gasteiger partial charge < -0.3 is 15.4 Å². The topological polar surface area (TPSA) is 54.1 Å². The zero-order chi connectivity index (χ0) is 12.1. The summed E-state index contributed by atoms with van der Waals surface area (Å²) in [5.74, 6) is 0.725. The molecule has 0 saturated carbocycles. The maximum atomic E-state index is 5.99. The second-order valence-corrected chi connectivity index (χ2v) is 4.78. The van der Waals surface area contributed by atoms with Crippen molar-refractivity contribution in [2.45, 2.75) is 25.8 Å². The van der Waals surface area contributed by atoms with E-state index in [-0.39, 0.29) is 0 Å². The number of aliphatic imine (C=N–C) groups is 1. The molecule has 2 aliphatic heterocycles. The van der Waals surface area contributed by atoms with Crippen LogP contribution in [0, 0.1) is 0 Å². The summed E-state index contributed by atoms with van der Waals surface area (Å²) in [4.78, 5) is 9.12. The van der Waals surface area contributed by atoms with E-state index in [4.69, 9.17) is 10.5 Å². The van der Waals surface area contributed by atoms with Gasteiger partial charge in [-0.25, -0.2) is 0 Å². The van der Waals surface area contributed by atoms with Gasteiger partial charge in [-0.1, -0.05) is 6.92 Å². The van der Waals surface area contributed by atoms with Crippen LogP contribution in [0.15, 0.2) is 4.99 Å². The van der Waals surface area contributed by atoms with Gasteiger partial charge in [-0.05, 0) is 12.8 Å². The summed E-state index contributed by atoms with van der Waals surface area (Å²) >= 11 is 0. The summed E-state index contributed by atoms with van der Waals surface area (Å²) in [6.07, 6.45) is 2.25. The van der Waals surface area contributed by atoms with Gasteiger partial charge in [0.2, 0.25) is 0 Å². The van der Waals surface area contributed by atoms with Gasteiger partial charge in [-0.3, -0.25) is 9.89 Å². The van der Waals surface area contributed by atoms with Crippen molar-refractivity contribution in [1.82, 2.24) is 9.80 Å². The van der Waals surface area contributed by atoms with E-state index in [2.05, 4.69) is 21.7 Å². The predicted molar refractivity (Wildman–Crippen MR) is 69.2 cm³/mol. The highest BCUT2D eigenvalue weighted by Crippen LogP contribution is 2.16. The zero-order valence-corrected chi connectivity index (χ0v) is 10.8. The SMILES string of the molecule is CCCN=C(N)N1CCC(N2CCOCC2)C1. The summed E-state index contributed by atoms with van der Waals surface area (Å²) in [5.41, 5.74) is 5.99. The number of nitrogens with two attached hydrogens (primary N) is 1. The van der Waals surface area contributed by atoms with Crippen molar-refractivity contribution in [3.05, 3.63) is 0 Å². The van der Waals surface area contributed by atoms with Crippen LogP contribution in [0.3, 0.4) is 0 Å². The molecule has 17 heavy (non-hydrogen) atoms. The molecule has 0 aromatic carbocycles. The van der Waals surface area contributed by atoms with E-state index < -0.39 is 0 Å². The number of nitrogens with zero attached hydrogens (tertiary/aromatic N) is 3. The Bertz CT molecular complexity index is 263. The number of hydrogen-bond acceptors (Lipinski definition) is 3. The van der Waals surface area contributed by atoms with Gasteiger partial charge in [-0.2, -0.15) is 0 Å². The lowest BCUT2D eigenvalue weighted by Crippen LogP contribution is -2.46. The molecule has 0 aromatic heterocycles. The molecule has 0 spiro atoms. The molecule has 2 saturated heterocycles. The molecule has 0 aliphatic carbocycles. The number of guanidine groups is 1. The Morgan fingerprint density at radius 3 is 2.82 bits per heavy atom. The first kappa shape index (κ1) is 12.6. The van der Waals surface area contributed by atoms with Crippen molar-refractivity contribution >= 4 is 5.96 Å². The number of likely N-dealkylation sites (tertiary alicyclic amines) is 1. The smallest absolute Gasteiger partial charge is 0.191 e. The molecule has 1 atom stereocenters. The fraction of sp³-hybridized carbons (Fsp3) is 0.917. The van der Waals surface area contributed by atoms with E-state index in [1.54, 1.807) is 0 Å². The number of ether oxygens (including phenoxy) is 1. The van der Waals surface area contributed by atoms with Gasteiger partial charge >= 0.3 is 0 Å². The Hall–Kier alpha value is -0.810. The predicted octanol–water partition coefficient (Wildman–Crippen LogP) is 0.118. The van der Waals surface area contributed by atoms with Crippen molar-refractivity contribution in [2.75, 3.05) is 45.9 Å². The molecule has 2 aliphatic rings. The molecule has 0 bridgehead atoms. The van der Waals surface area contributed by atoms with Crippen LogP contribution < -0.4 is 5.73 Å². The Labute approximate surface area is 104 Å². The Kier molecular flexibility index (Phi) is 4.62. The fourth-order valence-electron chi connectivity index (χ4n) is 2.52. The van der Waals surface area contributed by atoms with E-state index in [9.17, 15) is 0 Å². The molecule has 2 heterocycles. The highest BCUT2D eigenvalue weighted by molar-refractivity contribution is 5.78. The number of morpholine rings is 1. The minimum atomic E-state index is 0.634. The van der Waals surface area contributed by atoms with Crippen molar-refractivity contribution in [1.29, 1.82) is 0 Å². The Morgan fingerprint density at radius 2 is 2.12 bits per heavy atom. The van der Waals surface area contributed by atoms with Gasteiger partial charge in [0.05, 0.1) is 13.2 Å². The van der Waals surface area contributed by atoms with Crippen LogP contribution in [0.4, 0.5) is 0 Å². The maximum Gasteiger partial charge on any atom is 0.191 e. The van der Waals surface area contributed by atoms with E-state index in [0.717, 1.165) is 58.3 Å². The normalized spacial score (nSPS) is 27.7. The molecule has 5 heteroatoms. The second kappa shape index (κ2) is 6.21. The molecule has 2 rings (SSSR count). The summed E-state index contributed by atoms with van der Waals surface area (Å²) in [6, 6.07) is 0.634. The summed E-state index contributed by atoms with van der Waals surface area (Å²) in [7, 11) is 0. The lowest BCUT2D eigenvalue weighted by Gasteiger charge is -2.32. The average molecular weight is 240 g/mol. The van der Waals surface area contributed by atoms with Crippen LogP contribution in [0.5, 0.6) is 0 Å². The molecule has 0 aromatic rings. The quantitative estimate of drug-likeness (QED) is 0.562. The van der Waals surface area contributed by atoms with E-state index in [1.165, 1.54) is 6.42 Å². The molecule has 0 radical (unpaired) electrons. The van der Waals surface area contributed by atoms with Gasteiger partial charge in [-0.15, -0.1) is 0 Å². The molecule has 2 fully saturated rings. The van der Waals surface area contributed by atoms with Crippen LogP contribution in [0.2, 0.25) is 0 Å². The highest BCUT2D eigenvalue weighted by atomic mass is 16.5. The molecule has 5 nitrogen and oxygen atoms in total. The molecule has 0 amide bonds. The summed E-state index contributed by atoms with van der Waals surface area (Å²) in [6.45, 7) is 8.89. The van der Waals surface area contributed by atoms with Crippen molar-refractivity contribution < 1.29 is 4.74 Å². The minimum Gasteiger partial charge on any atom is -0.379 e. The third-order valence-electron chi connectivity index (χ3n) is 3.55. The van der Waals surface area contributed by atoms with Crippen LogP contribution in [0.1, 0.15) is 19.8 Å². The summed E-state index contributed by atoms with van der Waals surface area (Å²) in [5, 5.41) is 0. The first-order valence-corrected chi connectivity index (χ1v) is 6.68. The van der Waals surface area contributed by atoms with Crippen molar-refractivity contribution in [2.24, 2.45) is 10.7 Å². The zero-order valence-electron chi connectivity index (χ0n) is 10.8. The van der Waals surface area contributed by atoms with Crippen LogP contribution in [-0.4, -0.2) is 67.7 Å². The molecule has 98 valence electrons. The van der Waals surface area contributed by atoms with Gasteiger partial charge in [0.25, 0.3) is 0 Å². The number of rotatable bonds is 3. The fourth-order valence-corrected chi connectivity index (χ4v) is 2.52. The first-order valence-electron chi connectivity index (χ1n) is 6.68. The number of hydrogen-bond donors (Lipinski definition) is 1.